The van der Waals surface area contributed by atoms with Crippen molar-refractivity contribution in [2.45, 2.75) is 19.8 Å². The van der Waals surface area contributed by atoms with Gasteiger partial charge in [-0.15, -0.1) is 0 Å². The van der Waals surface area contributed by atoms with Gasteiger partial charge in [0.2, 0.25) is 11.8 Å². The zero-order valence-electron chi connectivity index (χ0n) is 20.4. The van der Waals surface area contributed by atoms with Crippen LogP contribution in [0.2, 0.25) is 0 Å². The van der Waals surface area contributed by atoms with Gasteiger partial charge in [-0.25, -0.2) is 0 Å². The SMILES string of the molecule is COc1cc2nccc(Oc3ccc(N4C(=O)CC(Cc5ccccc5)C4=O)cc3C)c2cc1OC. The van der Waals surface area contributed by atoms with Crippen molar-refractivity contribution in [1.82, 2.24) is 4.98 Å². The first-order valence-electron chi connectivity index (χ1n) is 11.7. The highest BCUT2D eigenvalue weighted by atomic mass is 16.5. The van der Waals surface area contributed by atoms with Crippen molar-refractivity contribution >= 4 is 28.4 Å². The third-order valence-electron chi connectivity index (χ3n) is 6.41. The molecule has 36 heavy (non-hydrogen) atoms. The van der Waals surface area contributed by atoms with Crippen molar-refractivity contribution in [3.05, 3.63) is 84.1 Å². The Morgan fingerprint density at radius 2 is 1.64 bits per heavy atom. The molecule has 1 aliphatic rings. The largest absolute Gasteiger partial charge is 0.493 e. The molecular formula is C29H26N2O5. The number of hydrogen-bond donors (Lipinski definition) is 0. The fourth-order valence-electron chi connectivity index (χ4n) is 4.57. The summed E-state index contributed by atoms with van der Waals surface area (Å²) in [7, 11) is 3.16. The Morgan fingerprint density at radius 3 is 2.36 bits per heavy atom. The first kappa shape index (κ1) is 23.4. The maximum absolute atomic E-state index is 13.1. The third kappa shape index (κ3) is 4.35. The number of hydrogen-bond acceptors (Lipinski definition) is 6. The minimum absolute atomic E-state index is 0.168. The lowest BCUT2D eigenvalue weighted by Crippen LogP contribution is -2.30. The zero-order valence-corrected chi connectivity index (χ0v) is 20.4. The molecule has 1 fully saturated rings. The quantitative estimate of drug-likeness (QED) is 0.325. The summed E-state index contributed by atoms with van der Waals surface area (Å²) >= 11 is 0. The highest BCUT2D eigenvalue weighted by Gasteiger charge is 2.39. The molecule has 0 radical (unpaired) electrons. The van der Waals surface area contributed by atoms with Crippen LogP contribution >= 0.6 is 0 Å². The Balaban J connectivity index is 1.40. The molecule has 7 heteroatoms. The fourth-order valence-corrected chi connectivity index (χ4v) is 4.57. The Hall–Kier alpha value is -4.39. The molecule has 2 heterocycles. The highest BCUT2D eigenvalue weighted by Crippen LogP contribution is 2.38. The van der Waals surface area contributed by atoms with E-state index in [-0.39, 0.29) is 24.2 Å². The number of anilines is 1. The second kappa shape index (κ2) is 9.70. The van der Waals surface area contributed by atoms with Crippen molar-refractivity contribution in [3.8, 4) is 23.0 Å². The van der Waals surface area contributed by atoms with Crippen LogP contribution < -0.4 is 19.1 Å². The van der Waals surface area contributed by atoms with E-state index >= 15 is 0 Å². The molecule has 1 atom stereocenters. The number of pyridine rings is 1. The van der Waals surface area contributed by atoms with Crippen molar-refractivity contribution in [2.24, 2.45) is 5.92 Å². The number of ether oxygens (including phenoxy) is 3. The normalized spacial score (nSPS) is 15.4. The molecular weight excluding hydrogens is 456 g/mol. The van der Waals surface area contributed by atoms with Crippen molar-refractivity contribution < 1.29 is 23.8 Å². The Bertz CT molecular complexity index is 1450. The van der Waals surface area contributed by atoms with E-state index in [0.717, 1.165) is 16.5 Å². The molecule has 4 aromatic rings. The van der Waals surface area contributed by atoms with Crippen molar-refractivity contribution in [1.29, 1.82) is 0 Å². The number of nitrogens with zero attached hydrogens (tertiary/aromatic N) is 2. The van der Waals surface area contributed by atoms with E-state index in [4.69, 9.17) is 14.2 Å². The molecule has 2 amide bonds. The van der Waals surface area contributed by atoms with Crippen LogP contribution in [0.4, 0.5) is 5.69 Å². The number of benzene rings is 3. The van der Waals surface area contributed by atoms with Gasteiger partial charge in [-0.05, 0) is 54.8 Å². The molecule has 1 aliphatic heterocycles. The van der Waals surface area contributed by atoms with E-state index < -0.39 is 0 Å². The smallest absolute Gasteiger partial charge is 0.237 e. The van der Waals surface area contributed by atoms with Gasteiger partial charge < -0.3 is 14.2 Å². The van der Waals surface area contributed by atoms with E-state index in [0.29, 0.717) is 40.6 Å². The summed E-state index contributed by atoms with van der Waals surface area (Å²) in [5.41, 5.74) is 3.10. The number of amides is 2. The van der Waals surface area contributed by atoms with Crippen LogP contribution in [0.5, 0.6) is 23.0 Å². The second-order valence-electron chi connectivity index (χ2n) is 8.74. The standard InChI is InChI=1S/C29H26N2O5/c1-18-13-21(31-28(32)15-20(29(31)33)14-19-7-5-4-6-8-19)9-10-24(18)36-25-11-12-30-23-17-27(35-3)26(34-2)16-22(23)25/h4-13,16-17,20H,14-15H2,1-3H3. The number of carbonyl (C=O) groups excluding carboxylic acids is 2. The molecule has 0 bridgehead atoms. The summed E-state index contributed by atoms with van der Waals surface area (Å²) < 4.78 is 17.1. The first-order chi connectivity index (χ1) is 17.5. The summed E-state index contributed by atoms with van der Waals surface area (Å²) in [4.78, 5) is 31.6. The lowest BCUT2D eigenvalue weighted by molar-refractivity contribution is -0.122. The number of carbonyl (C=O) groups is 2. The average molecular weight is 483 g/mol. The van der Waals surface area contributed by atoms with Crippen LogP contribution in [0.3, 0.4) is 0 Å². The minimum Gasteiger partial charge on any atom is -0.493 e. The van der Waals surface area contributed by atoms with Crippen LogP contribution in [-0.4, -0.2) is 31.0 Å². The molecule has 0 saturated carbocycles. The number of aryl methyl sites for hydroxylation is 1. The molecule has 1 unspecified atom stereocenters. The minimum atomic E-state index is -0.355. The molecule has 0 aliphatic carbocycles. The van der Waals surface area contributed by atoms with Crippen LogP contribution in [0.15, 0.2) is 72.9 Å². The fraction of sp³-hybridized carbons (Fsp3) is 0.207. The van der Waals surface area contributed by atoms with Gasteiger partial charge in [-0.1, -0.05) is 30.3 Å². The number of methoxy groups -OCH3 is 2. The van der Waals surface area contributed by atoms with E-state index in [1.165, 1.54) is 4.90 Å². The molecule has 1 saturated heterocycles. The van der Waals surface area contributed by atoms with Crippen LogP contribution in [0.25, 0.3) is 10.9 Å². The third-order valence-corrected chi connectivity index (χ3v) is 6.41. The van der Waals surface area contributed by atoms with Crippen molar-refractivity contribution in [2.75, 3.05) is 19.1 Å². The lowest BCUT2D eigenvalue weighted by atomic mass is 9.98. The molecule has 5 rings (SSSR count). The van der Waals surface area contributed by atoms with Gasteiger partial charge in [0.15, 0.2) is 11.5 Å². The Kier molecular flexibility index (Phi) is 6.29. The van der Waals surface area contributed by atoms with Gasteiger partial charge in [0.05, 0.1) is 31.3 Å². The van der Waals surface area contributed by atoms with Crippen LogP contribution in [-0.2, 0) is 16.0 Å². The van der Waals surface area contributed by atoms with E-state index in [1.54, 1.807) is 44.7 Å². The molecule has 0 spiro atoms. The molecule has 3 aromatic carbocycles. The van der Waals surface area contributed by atoms with E-state index in [9.17, 15) is 9.59 Å². The summed E-state index contributed by atoms with van der Waals surface area (Å²) in [5.74, 6) is 1.67. The predicted octanol–water partition coefficient (Wildman–Crippen LogP) is 5.47. The van der Waals surface area contributed by atoms with Crippen LogP contribution in [0.1, 0.15) is 17.5 Å². The van der Waals surface area contributed by atoms with Gasteiger partial charge in [-0.2, -0.15) is 0 Å². The van der Waals surface area contributed by atoms with Gasteiger partial charge in [0.1, 0.15) is 11.5 Å². The summed E-state index contributed by atoms with van der Waals surface area (Å²) in [6.45, 7) is 1.89. The molecule has 7 nitrogen and oxygen atoms in total. The Labute approximate surface area is 209 Å². The second-order valence-corrected chi connectivity index (χ2v) is 8.74. The topological polar surface area (TPSA) is 78.0 Å². The van der Waals surface area contributed by atoms with Gasteiger partial charge in [0.25, 0.3) is 0 Å². The van der Waals surface area contributed by atoms with Gasteiger partial charge in [-0.3, -0.25) is 19.5 Å². The van der Waals surface area contributed by atoms with Gasteiger partial charge >= 0.3 is 0 Å². The average Bonchev–Trinajstić information content (AvgIpc) is 3.17. The van der Waals surface area contributed by atoms with E-state index in [1.807, 2.05) is 49.4 Å². The van der Waals surface area contributed by atoms with E-state index in [2.05, 4.69) is 4.98 Å². The first-order valence-corrected chi connectivity index (χ1v) is 11.7. The number of rotatable bonds is 7. The summed E-state index contributed by atoms with van der Waals surface area (Å²) in [6, 6.07) is 20.5. The number of imide groups is 1. The lowest BCUT2D eigenvalue weighted by Gasteiger charge is -2.18. The van der Waals surface area contributed by atoms with Crippen LogP contribution in [0, 0.1) is 12.8 Å². The summed E-state index contributed by atoms with van der Waals surface area (Å²) in [5, 5.41) is 0.771. The maximum atomic E-state index is 13.1. The highest BCUT2D eigenvalue weighted by molar-refractivity contribution is 6.21. The van der Waals surface area contributed by atoms with Gasteiger partial charge in [0, 0.05) is 24.1 Å². The monoisotopic (exact) mass is 482 g/mol. The number of aromatic nitrogens is 1. The Morgan fingerprint density at radius 1 is 0.889 bits per heavy atom. The zero-order chi connectivity index (χ0) is 25.2. The summed E-state index contributed by atoms with van der Waals surface area (Å²) in [6.07, 6.45) is 2.42. The maximum Gasteiger partial charge on any atom is 0.237 e. The molecule has 1 aromatic heterocycles. The molecule has 182 valence electrons. The van der Waals surface area contributed by atoms with Crippen molar-refractivity contribution in [3.63, 3.8) is 0 Å². The number of fused-ring (bicyclic) bond motifs is 1. The molecule has 0 N–H and O–H groups in total. The predicted molar refractivity (Wildman–Crippen MR) is 137 cm³/mol.